The number of β-amino-alcohol motifs (C(OH)–C–C–N with tert-alkyl or cyclic N) is 1. The molecule has 1 amide bonds. The largest absolute Gasteiger partial charge is 0.480 e. The molecule has 1 heterocycles. The third-order valence-electron chi connectivity index (χ3n) is 3.03. The summed E-state index contributed by atoms with van der Waals surface area (Å²) < 4.78 is 0. The fourth-order valence-corrected chi connectivity index (χ4v) is 2.05. The van der Waals surface area contributed by atoms with E-state index in [0.717, 1.165) is 12.8 Å². The van der Waals surface area contributed by atoms with Gasteiger partial charge in [-0.2, -0.15) is 0 Å². The molecule has 1 saturated heterocycles. The molecule has 0 aromatic rings. The first-order valence-electron chi connectivity index (χ1n) is 5.94. The molecule has 98 valence electrons. The maximum Gasteiger partial charge on any atom is 0.326 e. The van der Waals surface area contributed by atoms with Gasteiger partial charge in [-0.3, -0.25) is 4.79 Å². The summed E-state index contributed by atoms with van der Waals surface area (Å²) in [7, 11) is 0. The van der Waals surface area contributed by atoms with Gasteiger partial charge < -0.3 is 20.8 Å². The summed E-state index contributed by atoms with van der Waals surface area (Å²) in [6.07, 6.45) is 1.64. The summed E-state index contributed by atoms with van der Waals surface area (Å²) in [5.74, 6) is -1.46. The first-order chi connectivity index (χ1) is 7.97. The van der Waals surface area contributed by atoms with Crippen LogP contribution in [-0.4, -0.2) is 51.7 Å². The van der Waals surface area contributed by atoms with E-state index >= 15 is 0 Å². The number of amides is 1. The van der Waals surface area contributed by atoms with Gasteiger partial charge in [0.05, 0.1) is 12.1 Å². The Bertz CT molecular complexity index is 295. The van der Waals surface area contributed by atoms with Crippen LogP contribution in [0.25, 0.3) is 0 Å². The molecule has 0 bridgehead atoms. The predicted molar refractivity (Wildman–Crippen MR) is 61.3 cm³/mol. The van der Waals surface area contributed by atoms with E-state index in [4.69, 9.17) is 10.8 Å². The Morgan fingerprint density at radius 3 is 2.71 bits per heavy atom. The van der Waals surface area contributed by atoms with Crippen LogP contribution in [0.2, 0.25) is 0 Å². The second kappa shape index (κ2) is 5.97. The van der Waals surface area contributed by atoms with Crippen LogP contribution < -0.4 is 5.73 Å². The van der Waals surface area contributed by atoms with Crippen LogP contribution in [0.1, 0.15) is 32.6 Å². The Kier molecular flexibility index (Phi) is 4.89. The van der Waals surface area contributed by atoms with Crippen molar-refractivity contribution >= 4 is 11.9 Å². The topological polar surface area (TPSA) is 104 Å². The van der Waals surface area contributed by atoms with E-state index in [9.17, 15) is 14.7 Å². The number of carbonyl (C=O) groups excluding carboxylic acids is 1. The van der Waals surface area contributed by atoms with E-state index in [1.54, 1.807) is 0 Å². The van der Waals surface area contributed by atoms with Gasteiger partial charge in [0.15, 0.2) is 0 Å². The predicted octanol–water partition coefficient (Wildman–Crippen LogP) is -0.450. The molecule has 4 N–H and O–H groups in total. The molecule has 17 heavy (non-hydrogen) atoms. The van der Waals surface area contributed by atoms with Crippen LogP contribution in [-0.2, 0) is 9.59 Å². The van der Waals surface area contributed by atoms with Gasteiger partial charge in [0.1, 0.15) is 6.04 Å². The Hall–Kier alpha value is -1.14. The molecule has 0 saturated carbocycles. The van der Waals surface area contributed by atoms with Crippen molar-refractivity contribution in [3.8, 4) is 0 Å². The van der Waals surface area contributed by atoms with Gasteiger partial charge in [-0.05, 0) is 6.42 Å². The van der Waals surface area contributed by atoms with Crippen molar-refractivity contribution in [2.45, 2.75) is 50.8 Å². The minimum Gasteiger partial charge on any atom is -0.480 e. The van der Waals surface area contributed by atoms with Crippen LogP contribution in [0, 0.1) is 0 Å². The van der Waals surface area contributed by atoms with E-state index in [0.29, 0.717) is 6.42 Å². The van der Waals surface area contributed by atoms with Crippen molar-refractivity contribution in [2.75, 3.05) is 6.54 Å². The molecule has 6 heteroatoms. The zero-order valence-corrected chi connectivity index (χ0v) is 10.0. The molecule has 6 nitrogen and oxygen atoms in total. The zero-order valence-electron chi connectivity index (χ0n) is 10.0. The fourth-order valence-electron chi connectivity index (χ4n) is 2.05. The van der Waals surface area contributed by atoms with Crippen LogP contribution in [0.5, 0.6) is 0 Å². The first-order valence-corrected chi connectivity index (χ1v) is 5.94. The minimum atomic E-state index is -1.09. The number of aliphatic carboxylic acids is 1. The van der Waals surface area contributed by atoms with Crippen LogP contribution >= 0.6 is 0 Å². The molecule has 0 aromatic heterocycles. The van der Waals surface area contributed by atoms with Gasteiger partial charge >= 0.3 is 5.97 Å². The van der Waals surface area contributed by atoms with Gasteiger partial charge in [0, 0.05) is 13.0 Å². The van der Waals surface area contributed by atoms with E-state index < -0.39 is 24.2 Å². The third kappa shape index (κ3) is 3.41. The van der Waals surface area contributed by atoms with Gasteiger partial charge in [0.25, 0.3) is 0 Å². The molecule has 1 unspecified atom stereocenters. The summed E-state index contributed by atoms with van der Waals surface area (Å²) in [5, 5.41) is 18.4. The second-order valence-electron chi connectivity index (χ2n) is 4.48. The van der Waals surface area contributed by atoms with Crippen molar-refractivity contribution in [3.05, 3.63) is 0 Å². The number of aliphatic hydroxyl groups is 1. The molecule has 1 fully saturated rings. The Balaban J connectivity index is 2.63. The number of nitrogens with zero attached hydrogens (tertiary/aromatic N) is 1. The summed E-state index contributed by atoms with van der Waals surface area (Å²) >= 11 is 0. The molecule has 1 aliphatic rings. The van der Waals surface area contributed by atoms with Crippen molar-refractivity contribution < 1.29 is 19.8 Å². The lowest BCUT2D eigenvalue weighted by Crippen LogP contribution is -2.48. The number of nitrogens with two attached hydrogens (primary N) is 1. The number of unbranched alkanes of at least 4 members (excludes halogenated alkanes) is 1. The number of carboxylic acid groups (broad SMARTS) is 1. The summed E-state index contributed by atoms with van der Waals surface area (Å²) in [6.45, 7) is 2.06. The summed E-state index contributed by atoms with van der Waals surface area (Å²) in [6, 6.07) is -1.60. The lowest BCUT2D eigenvalue weighted by Gasteiger charge is -2.24. The molecule has 0 spiro atoms. The number of carboxylic acids is 1. The number of hydrogen-bond acceptors (Lipinski definition) is 4. The lowest BCUT2D eigenvalue weighted by molar-refractivity contribution is -0.148. The van der Waals surface area contributed by atoms with E-state index in [2.05, 4.69) is 0 Å². The average Bonchev–Trinajstić information content (AvgIpc) is 2.67. The van der Waals surface area contributed by atoms with Gasteiger partial charge in [0.2, 0.25) is 5.91 Å². The molecule has 3 atom stereocenters. The van der Waals surface area contributed by atoms with E-state index in [1.807, 2.05) is 6.92 Å². The second-order valence-corrected chi connectivity index (χ2v) is 4.48. The van der Waals surface area contributed by atoms with Gasteiger partial charge in [-0.15, -0.1) is 0 Å². The summed E-state index contributed by atoms with van der Waals surface area (Å²) in [4.78, 5) is 24.1. The molecule has 0 radical (unpaired) electrons. The van der Waals surface area contributed by atoms with Crippen molar-refractivity contribution in [1.29, 1.82) is 0 Å². The maximum atomic E-state index is 11.9. The Morgan fingerprint density at radius 1 is 1.53 bits per heavy atom. The number of aliphatic hydroxyl groups excluding tert-OH is 1. The molecular formula is C11H20N2O4. The molecular weight excluding hydrogens is 224 g/mol. The quantitative estimate of drug-likeness (QED) is 0.607. The van der Waals surface area contributed by atoms with Crippen molar-refractivity contribution in [1.82, 2.24) is 4.90 Å². The SMILES string of the molecule is CCCC[C@H](N)C(=O)N1CC(O)C[C@H]1C(=O)O. The van der Waals surface area contributed by atoms with Crippen LogP contribution in [0.4, 0.5) is 0 Å². The van der Waals surface area contributed by atoms with E-state index in [1.165, 1.54) is 4.90 Å². The minimum absolute atomic E-state index is 0.0651. The fraction of sp³-hybridized carbons (Fsp3) is 0.818. The molecule has 1 rings (SSSR count). The van der Waals surface area contributed by atoms with E-state index in [-0.39, 0.29) is 18.9 Å². The molecule has 1 aliphatic heterocycles. The normalized spacial score (nSPS) is 25.9. The highest BCUT2D eigenvalue weighted by Gasteiger charge is 2.40. The highest BCUT2D eigenvalue weighted by Crippen LogP contribution is 2.19. The first kappa shape index (κ1) is 13.9. The van der Waals surface area contributed by atoms with Gasteiger partial charge in [-0.1, -0.05) is 19.8 Å². The Labute approximate surface area is 100 Å². The van der Waals surface area contributed by atoms with Crippen molar-refractivity contribution in [2.24, 2.45) is 5.73 Å². The standard InChI is InChI=1S/C11H20N2O4/c1-2-3-4-8(12)10(15)13-6-7(14)5-9(13)11(16)17/h7-9,14H,2-6,12H2,1H3,(H,16,17)/t7?,8-,9-/m0/s1. The number of hydrogen-bond donors (Lipinski definition) is 3. The van der Waals surface area contributed by atoms with Gasteiger partial charge in [-0.25, -0.2) is 4.79 Å². The lowest BCUT2D eigenvalue weighted by atomic mass is 10.1. The monoisotopic (exact) mass is 244 g/mol. The maximum absolute atomic E-state index is 11.9. The zero-order chi connectivity index (χ0) is 13.0. The highest BCUT2D eigenvalue weighted by molar-refractivity contribution is 5.87. The third-order valence-corrected chi connectivity index (χ3v) is 3.03. The molecule has 0 aromatic carbocycles. The molecule has 0 aliphatic carbocycles. The van der Waals surface area contributed by atoms with Crippen LogP contribution in [0.3, 0.4) is 0 Å². The smallest absolute Gasteiger partial charge is 0.326 e. The number of carbonyl (C=O) groups is 2. The number of rotatable bonds is 5. The van der Waals surface area contributed by atoms with Crippen molar-refractivity contribution in [3.63, 3.8) is 0 Å². The highest BCUT2D eigenvalue weighted by atomic mass is 16.4. The summed E-state index contributed by atoms with van der Waals surface area (Å²) in [5.41, 5.74) is 5.73. The van der Waals surface area contributed by atoms with Crippen LogP contribution in [0.15, 0.2) is 0 Å². The number of likely N-dealkylation sites (tertiary alicyclic amines) is 1. The Morgan fingerprint density at radius 2 is 2.18 bits per heavy atom. The average molecular weight is 244 g/mol.